The van der Waals surface area contributed by atoms with E-state index in [1.807, 2.05) is 0 Å². The van der Waals surface area contributed by atoms with Crippen LogP contribution in [-0.4, -0.2) is 42.5 Å². The maximum atomic E-state index is 12.5. The third-order valence-corrected chi connectivity index (χ3v) is 3.98. The van der Waals surface area contributed by atoms with Crippen LogP contribution in [-0.2, 0) is 14.3 Å². The molecule has 0 bridgehead atoms. The number of ether oxygens (including phenoxy) is 1. The monoisotopic (exact) mass is 298 g/mol. The predicted molar refractivity (Wildman–Crippen MR) is 82.6 cm³/mol. The molecule has 5 nitrogen and oxygen atoms in total. The van der Waals surface area contributed by atoms with Gasteiger partial charge in [-0.25, -0.2) is 4.79 Å². The molecular formula is C16H30N2O3. The Morgan fingerprint density at radius 3 is 2.62 bits per heavy atom. The quantitative estimate of drug-likeness (QED) is 0.729. The maximum absolute atomic E-state index is 12.5. The fourth-order valence-electron chi connectivity index (χ4n) is 3.01. The second-order valence-electron chi connectivity index (χ2n) is 6.29. The van der Waals surface area contributed by atoms with Crippen molar-refractivity contribution in [3.8, 4) is 0 Å². The van der Waals surface area contributed by atoms with Gasteiger partial charge < -0.3 is 15.4 Å². The van der Waals surface area contributed by atoms with E-state index >= 15 is 0 Å². The Balaban J connectivity index is 2.65. The lowest BCUT2D eigenvalue weighted by molar-refractivity contribution is -0.157. The van der Waals surface area contributed by atoms with Gasteiger partial charge in [-0.2, -0.15) is 0 Å². The molecule has 2 atom stereocenters. The number of hydrogen-bond acceptors (Lipinski definition) is 4. The van der Waals surface area contributed by atoms with E-state index in [0.29, 0.717) is 38.5 Å². The van der Waals surface area contributed by atoms with Crippen molar-refractivity contribution in [1.29, 1.82) is 0 Å². The summed E-state index contributed by atoms with van der Waals surface area (Å²) in [7, 11) is 0. The Morgan fingerprint density at radius 2 is 2.05 bits per heavy atom. The lowest BCUT2D eigenvalue weighted by Crippen LogP contribution is -2.49. The van der Waals surface area contributed by atoms with Crippen molar-refractivity contribution in [3.63, 3.8) is 0 Å². The summed E-state index contributed by atoms with van der Waals surface area (Å²) < 4.78 is 5.10. The van der Waals surface area contributed by atoms with Crippen molar-refractivity contribution in [2.24, 2.45) is 17.6 Å². The number of piperidine rings is 1. The van der Waals surface area contributed by atoms with Crippen molar-refractivity contribution in [3.05, 3.63) is 0 Å². The van der Waals surface area contributed by atoms with E-state index in [-0.39, 0.29) is 17.8 Å². The summed E-state index contributed by atoms with van der Waals surface area (Å²) in [5.74, 6) is 0.499. The van der Waals surface area contributed by atoms with Crippen LogP contribution in [0.3, 0.4) is 0 Å². The number of likely N-dealkylation sites (tertiary alicyclic amines) is 1. The van der Waals surface area contributed by atoms with Gasteiger partial charge in [-0.1, -0.05) is 13.8 Å². The first-order valence-electron chi connectivity index (χ1n) is 8.15. The molecule has 0 aromatic heterocycles. The molecule has 0 radical (unpaired) electrons. The smallest absolute Gasteiger partial charge is 0.328 e. The minimum Gasteiger partial charge on any atom is -0.464 e. The molecule has 1 heterocycles. The summed E-state index contributed by atoms with van der Waals surface area (Å²) in [5.41, 5.74) is 5.78. The predicted octanol–water partition coefficient (Wildman–Crippen LogP) is 1.94. The van der Waals surface area contributed by atoms with E-state index in [1.54, 1.807) is 11.8 Å². The lowest BCUT2D eigenvalue weighted by atomic mass is 9.92. The molecule has 0 spiro atoms. The number of hydrogen-bond donors (Lipinski definition) is 1. The van der Waals surface area contributed by atoms with E-state index in [2.05, 4.69) is 13.8 Å². The molecular weight excluding hydrogens is 268 g/mol. The summed E-state index contributed by atoms with van der Waals surface area (Å²) in [5, 5.41) is 0. The zero-order valence-corrected chi connectivity index (χ0v) is 13.6. The first-order chi connectivity index (χ1) is 9.99. The Kier molecular flexibility index (Phi) is 7.72. The molecule has 1 fully saturated rings. The minimum atomic E-state index is -0.399. The molecule has 0 saturated carbocycles. The van der Waals surface area contributed by atoms with Crippen LogP contribution >= 0.6 is 0 Å². The van der Waals surface area contributed by atoms with Crippen molar-refractivity contribution in [2.45, 2.75) is 58.9 Å². The molecule has 1 aliphatic rings. The third-order valence-electron chi connectivity index (χ3n) is 3.98. The summed E-state index contributed by atoms with van der Waals surface area (Å²) in [6, 6.07) is -0.399. The average Bonchev–Trinajstić information content (AvgIpc) is 2.46. The number of amides is 1. The number of rotatable bonds is 7. The molecule has 21 heavy (non-hydrogen) atoms. The molecule has 0 aromatic carbocycles. The maximum Gasteiger partial charge on any atom is 0.328 e. The molecule has 122 valence electrons. The van der Waals surface area contributed by atoms with Gasteiger partial charge in [-0.3, -0.25) is 4.79 Å². The van der Waals surface area contributed by atoms with Gasteiger partial charge in [0.1, 0.15) is 6.04 Å². The zero-order valence-electron chi connectivity index (χ0n) is 13.6. The summed E-state index contributed by atoms with van der Waals surface area (Å²) in [6.45, 7) is 7.59. The summed E-state index contributed by atoms with van der Waals surface area (Å²) in [4.78, 5) is 26.2. The van der Waals surface area contributed by atoms with Crippen molar-refractivity contribution in [1.82, 2.24) is 4.90 Å². The minimum absolute atomic E-state index is 0.0452. The molecule has 1 amide bonds. The Hall–Kier alpha value is -1.10. The second-order valence-corrected chi connectivity index (χ2v) is 6.29. The molecule has 1 saturated heterocycles. The molecule has 1 rings (SSSR count). The molecule has 5 heteroatoms. The van der Waals surface area contributed by atoms with Gasteiger partial charge in [-0.05, 0) is 51.0 Å². The van der Waals surface area contributed by atoms with E-state index < -0.39 is 6.04 Å². The van der Waals surface area contributed by atoms with Crippen LogP contribution in [0.1, 0.15) is 52.9 Å². The van der Waals surface area contributed by atoms with Crippen molar-refractivity contribution in [2.75, 3.05) is 19.7 Å². The zero-order chi connectivity index (χ0) is 15.8. The van der Waals surface area contributed by atoms with Gasteiger partial charge in [0.2, 0.25) is 5.91 Å². The second kappa shape index (κ2) is 9.03. The number of nitrogens with two attached hydrogens (primary N) is 1. The Bertz CT molecular complexity index is 344. The van der Waals surface area contributed by atoms with Gasteiger partial charge in [-0.15, -0.1) is 0 Å². The van der Waals surface area contributed by atoms with Crippen LogP contribution in [0.15, 0.2) is 0 Å². The standard InChI is InChI=1S/C16H30N2O3/c1-4-21-16(20)14-7-5-6-8-18(14)15(19)10-13(11-17)9-12(2)3/h12-14H,4-11,17H2,1-3H3. The van der Waals surface area contributed by atoms with Crippen molar-refractivity contribution >= 4 is 11.9 Å². The highest BCUT2D eigenvalue weighted by molar-refractivity contribution is 5.84. The molecule has 2 N–H and O–H groups in total. The van der Waals surface area contributed by atoms with Crippen LogP contribution in [0, 0.1) is 11.8 Å². The number of esters is 1. The van der Waals surface area contributed by atoms with E-state index in [4.69, 9.17) is 10.5 Å². The van der Waals surface area contributed by atoms with Crippen LogP contribution in [0.4, 0.5) is 0 Å². The normalized spacial score (nSPS) is 20.4. The molecule has 0 aromatic rings. The Labute approximate surface area is 128 Å². The van der Waals surface area contributed by atoms with Gasteiger partial charge in [0.25, 0.3) is 0 Å². The van der Waals surface area contributed by atoms with Crippen molar-refractivity contribution < 1.29 is 14.3 Å². The van der Waals surface area contributed by atoms with Gasteiger partial charge in [0.15, 0.2) is 0 Å². The van der Waals surface area contributed by atoms with Crippen LogP contribution < -0.4 is 5.73 Å². The van der Waals surface area contributed by atoms with E-state index in [1.165, 1.54) is 0 Å². The first kappa shape index (κ1) is 18.0. The number of nitrogens with zero attached hydrogens (tertiary/aromatic N) is 1. The Morgan fingerprint density at radius 1 is 1.33 bits per heavy atom. The van der Waals surface area contributed by atoms with E-state index in [0.717, 1.165) is 19.3 Å². The fourth-order valence-corrected chi connectivity index (χ4v) is 3.01. The highest BCUT2D eigenvalue weighted by atomic mass is 16.5. The van der Waals surface area contributed by atoms with Crippen LogP contribution in [0.2, 0.25) is 0 Å². The SMILES string of the molecule is CCOC(=O)C1CCCCN1C(=O)CC(CN)CC(C)C. The third kappa shape index (κ3) is 5.65. The largest absolute Gasteiger partial charge is 0.464 e. The summed E-state index contributed by atoms with van der Waals surface area (Å²) in [6.07, 6.45) is 4.02. The fraction of sp³-hybridized carbons (Fsp3) is 0.875. The average molecular weight is 298 g/mol. The van der Waals surface area contributed by atoms with Gasteiger partial charge in [0.05, 0.1) is 6.61 Å². The van der Waals surface area contributed by atoms with Gasteiger partial charge >= 0.3 is 5.97 Å². The number of carbonyl (C=O) groups is 2. The van der Waals surface area contributed by atoms with Gasteiger partial charge in [0, 0.05) is 13.0 Å². The first-order valence-corrected chi connectivity index (χ1v) is 8.15. The lowest BCUT2D eigenvalue weighted by Gasteiger charge is -2.35. The topological polar surface area (TPSA) is 72.6 Å². The van der Waals surface area contributed by atoms with Crippen LogP contribution in [0.5, 0.6) is 0 Å². The van der Waals surface area contributed by atoms with Crippen LogP contribution in [0.25, 0.3) is 0 Å². The highest BCUT2D eigenvalue weighted by Gasteiger charge is 2.33. The molecule has 1 aliphatic heterocycles. The van der Waals surface area contributed by atoms with E-state index in [9.17, 15) is 9.59 Å². The summed E-state index contributed by atoms with van der Waals surface area (Å²) >= 11 is 0. The highest BCUT2D eigenvalue weighted by Crippen LogP contribution is 2.22. The molecule has 0 aliphatic carbocycles. The number of carbonyl (C=O) groups excluding carboxylic acids is 2. The molecule has 2 unspecified atom stereocenters.